The van der Waals surface area contributed by atoms with Crippen molar-refractivity contribution in [1.82, 2.24) is 20.9 Å². The van der Waals surface area contributed by atoms with E-state index in [1.807, 2.05) is 0 Å². The van der Waals surface area contributed by atoms with Crippen LogP contribution in [-0.2, 0) is 4.79 Å². The number of carbonyl (C=O) groups is 2. The van der Waals surface area contributed by atoms with E-state index in [0.29, 0.717) is 36.5 Å². The molecule has 1 saturated carbocycles. The first kappa shape index (κ1) is 23.8. The third-order valence-electron chi connectivity index (χ3n) is 6.21. The Hall–Kier alpha value is -1.86. The minimum absolute atomic E-state index is 0.105. The molecule has 1 aromatic rings. The highest BCUT2D eigenvalue weighted by atomic mass is 35.5. The highest BCUT2D eigenvalue weighted by Gasteiger charge is 2.28. The summed E-state index contributed by atoms with van der Waals surface area (Å²) in [6.07, 6.45) is 8.65. The molecule has 6 nitrogen and oxygen atoms in total. The summed E-state index contributed by atoms with van der Waals surface area (Å²) in [5.74, 6) is -0.446. The van der Waals surface area contributed by atoms with Gasteiger partial charge in [-0.2, -0.15) is 0 Å². The molecule has 2 fully saturated rings. The van der Waals surface area contributed by atoms with Crippen LogP contribution in [0.1, 0.15) is 69.4 Å². The second-order valence-corrected chi connectivity index (χ2v) is 8.94. The van der Waals surface area contributed by atoms with Gasteiger partial charge in [-0.1, -0.05) is 36.9 Å². The number of likely N-dealkylation sites (tertiary alicyclic amines) is 1. The molecule has 0 bridgehead atoms. The zero-order valence-electron chi connectivity index (χ0n) is 18.1. The Morgan fingerprint density at radius 3 is 2.55 bits per heavy atom. The van der Waals surface area contributed by atoms with Gasteiger partial charge in [-0.3, -0.25) is 9.69 Å². The first-order valence-electron chi connectivity index (χ1n) is 11.5. The fraction of sp³-hybridized carbons (Fsp3) is 0.652. The normalized spacial score (nSPS) is 18.5. The largest absolute Gasteiger partial charge is 0.354 e. The van der Waals surface area contributed by atoms with E-state index in [2.05, 4.69) is 20.9 Å². The quantitative estimate of drug-likeness (QED) is 0.493. The predicted molar refractivity (Wildman–Crippen MR) is 121 cm³/mol. The van der Waals surface area contributed by atoms with Gasteiger partial charge in [0.05, 0.1) is 6.04 Å². The van der Waals surface area contributed by atoms with Crippen molar-refractivity contribution in [2.75, 3.05) is 26.2 Å². The molecule has 31 heavy (non-hydrogen) atoms. The Morgan fingerprint density at radius 2 is 1.84 bits per heavy atom. The number of rotatable bonds is 9. The van der Waals surface area contributed by atoms with Gasteiger partial charge in [0.15, 0.2) is 0 Å². The molecule has 2 aliphatic rings. The van der Waals surface area contributed by atoms with Crippen LogP contribution in [-0.4, -0.2) is 49.1 Å². The maximum Gasteiger partial charge on any atom is 0.315 e. The number of hydrogen-bond donors (Lipinski definition) is 3. The number of nitrogens with one attached hydrogen (secondary N) is 3. The van der Waals surface area contributed by atoms with Crippen LogP contribution in [0.2, 0.25) is 5.02 Å². The molecule has 1 aliphatic carbocycles. The van der Waals surface area contributed by atoms with Crippen molar-refractivity contribution in [3.63, 3.8) is 0 Å². The van der Waals surface area contributed by atoms with Crippen LogP contribution >= 0.6 is 11.6 Å². The molecule has 0 aromatic heterocycles. The number of halogens is 2. The molecule has 3 rings (SSSR count). The van der Waals surface area contributed by atoms with Crippen LogP contribution in [0, 0.1) is 5.82 Å². The van der Waals surface area contributed by atoms with Crippen molar-refractivity contribution in [1.29, 1.82) is 0 Å². The number of hydrogen-bond acceptors (Lipinski definition) is 3. The minimum Gasteiger partial charge on any atom is -0.354 e. The van der Waals surface area contributed by atoms with Gasteiger partial charge in [-0.25, -0.2) is 9.18 Å². The third kappa shape index (κ3) is 7.35. The Kier molecular flexibility index (Phi) is 9.40. The highest BCUT2D eigenvalue weighted by Crippen LogP contribution is 2.32. The third-order valence-corrected chi connectivity index (χ3v) is 6.54. The van der Waals surface area contributed by atoms with Crippen LogP contribution < -0.4 is 16.0 Å². The summed E-state index contributed by atoms with van der Waals surface area (Å²) in [6.45, 7) is 2.49. The summed E-state index contributed by atoms with van der Waals surface area (Å²) in [5, 5.41) is 9.15. The molecule has 1 unspecified atom stereocenters. The van der Waals surface area contributed by atoms with Gasteiger partial charge in [0.25, 0.3) is 0 Å². The molecule has 172 valence electrons. The fourth-order valence-corrected chi connectivity index (χ4v) is 4.82. The van der Waals surface area contributed by atoms with Gasteiger partial charge in [0, 0.05) is 36.1 Å². The smallest absolute Gasteiger partial charge is 0.315 e. The average molecular weight is 453 g/mol. The maximum absolute atomic E-state index is 14.5. The Labute approximate surface area is 189 Å². The Morgan fingerprint density at radius 1 is 1.10 bits per heavy atom. The van der Waals surface area contributed by atoms with E-state index in [-0.39, 0.29) is 29.8 Å². The van der Waals surface area contributed by atoms with E-state index in [9.17, 15) is 14.0 Å². The van der Waals surface area contributed by atoms with E-state index < -0.39 is 0 Å². The SMILES string of the molecule is O=C(CCCNC(=O)NC1CCCCC1)NCC(c1c(F)cccc1Cl)N1CCCC1. The zero-order chi connectivity index (χ0) is 22.1. The van der Waals surface area contributed by atoms with E-state index in [1.165, 1.54) is 25.3 Å². The molecule has 3 amide bonds. The van der Waals surface area contributed by atoms with Crippen molar-refractivity contribution < 1.29 is 14.0 Å². The van der Waals surface area contributed by atoms with E-state index in [1.54, 1.807) is 12.1 Å². The van der Waals surface area contributed by atoms with Gasteiger partial charge in [-0.05, 0) is 57.3 Å². The Bertz CT molecular complexity index is 716. The van der Waals surface area contributed by atoms with Gasteiger partial charge in [0.2, 0.25) is 5.91 Å². The predicted octanol–water partition coefficient (Wildman–Crippen LogP) is 4.14. The zero-order valence-corrected chi connectivity index (χ0v) is 18.9. The van der Waals surface area contributed by atoms with Crippen molar-refractivity contribution >= 4 is 23.5 Å². The average Bonchev–Trinajstić information content (AvgIpc) is 3.28. The fourth-order valence-electron chi connectivity index (χ4n) is 4.53. The molecule has 1 aromatic carbocycles. The maximum atomic E-state index is 14.5. The molecule has 8 heteroatoms. The molecule has 1 aliphatic heterocycles. The van der Waals surface area contributed by atoms with Crippen molar-refractivity contribution in [2.45, 2.75) is 69.9 Å². The minimum atomic E-state index is -0.341. The molecule has 1 saturated heterocycles. The van der Waals surface area contributed by atoms with E-state index in [0.717, 1.165) is 38.8 Å². The molecular weight excluding hydrogens is 419 g/mol. The van der Waals surface area contributed by atoms with Crippen molar-refractivity contribution in [3.05, 3.63) is 34.6 Å². The summed E-state index contributed by atoms with van der Waals surface area (Å²) >= 11 is 6.29. The molecule has 1 atom stereocenters. The highest BCUT2D eigenvalue weighted by molar-refractivity contribution is 6.31. The molecule has 0 radical (unpaired) electrons. The summed E-state index contributed by atoms with van der Waals surface area (Å²) in [6, 6.07) is 4.53. The van der Waals surface area contributed by atoms with Crippen molar-refractivity contribution in [2.24, 2.45) is 0 Å². The van der Waals surface area contributed by atoms with Crippen LogP contribution in [0.5, 0.6) is 0 Å². The standard InChI is InChI=1S/C23H34ClFN4O2/c24-18-10-6-11-19(25)22(18)20(29-14-4-5-15-29)16-27-21(30)12-7-13-26-23(31)28-17-8-2-1-3-9-17/h6,10-11,17,20H,1-5,7-9,12-16H2,(H,27,30)(H2,26,28,31). The lowest BCUT2D eigenvalue weighted by atomic mass is 9.96. The van der Waals surface area contributed by atoms with Gasteiger partial charge >= 0.3 is 6.03 Å². The van der Waals surface area contributed by atoms with Gasteiger partial charge in [-0.15, -0.1) is 0 Å². The number of amides is 3. The van der Waals surface area contributed by atoms with Crippen LogP contribution in [0.3, 0.4) is 0 Å². The monoisotopic (exact) mass is 452 g/mol. The number of benzene rings is 1. The first-order valence-corrected chi connectivity index (χ1v) is 11.9. The van der Waals surface area contributed by atoms with Gasteiger partial charge in [0.1, 0.15) is 5.82 Å². The molecular formula is C23H34ClFN4O2. The lowest BCUT2D eigenvalue weighted by Crippen LogP contribution is -2.43. The van der Waals surface area contributed by atoms with Crippen LogP contribution in [0.15, 0.2) is 18.2 Å². The topological polar surface area (TPSA) is 73.5 Å². The molecule has 0 spiro atoms. The number of carbonyl (C=O) groups excluding carboxylic acids is 2. The van der Waals surface area contributed by atoms with E-state index >= 15 is 0 Å². The van der Waals surface area contributed by atoms with Gasteiger partial charge < -0.3 is 16.0 Å². The lowest BCUT2D eigenvalue weighted by Gasteiger charge is -2.29. The lowest BCUT2D eigenvalue weighted by molar-refractivity contribution is -0.121. The van der Waals surface area contributed by atoms with Crippen molar-refractivity contribution in [3.8, 4) is 0 Å². The Balaban J connectivity index is 1.41. The first-order chi connectivity index (χ1) is 15.0. The summed E-state index contributed by atoms with van der Waals surface area (Å²) in [5.41, 5.74) is 0.451. The second-order valence-electron chi connectivity index (χ2n) is 8.54. The summed E-state index contributed by atoms with van der Waals surface area (Å²) in [4.78, 5) is 26.5. The second kappa shape index (κ2) is 12.2. The molecule has 3 N–H and O–H groups in total. The van der Waals surface area contributed by atoms with E-state index in [4.69, 9.17) is 11.6 Å². The molecule has 1 heterocycles. The number of urea groups is 1. The van der Waals surface area contributed by atoms with Crippen LogP contribution in [0.25, 0.3) is 0 Å². The summed E-state index contributed by atoms with van der Waals surface area (Å²) < 4.78 is 14.5. The number of nitrogens with zero attached hydrogens (tertiary/aromatic N) is 1. The van der Waals surface area contributed by atoms with Crippen LogP contribution in [0.4, 0.5) is 9.18 Å². The summed E-state index contributed by atoms with van der Waals surface area (Å²) in [7, 11) is 0.